The van der Waals surface area contributed by atoms with Crippen LogP contribution in [0.15, 0.2) is 34.8 Å². The van der Waals surface area contributed by atoms with Crippen LogP contribution in [0.1, 0.15) is 12.0 Å². The minimum absolute atomic E-state index is 0.0915. The van der Waals surface area contributed by atoms with E-state index in [1.807, 2.05) is 31.3 Å². The molecule has 1 amide bonds. The van der Waals surface area contributed by atoms with Gasteiger partial charge in [0.15, 0.2) is 0 Å². The van der Waals surface area contributed by atoms with E-state index in [4.69, 9.17) is 0 Å². The predicted molar refractivity (Wildman–Crippen MR) is 67.7 cm³/mol. The second-order valence-electron chi connectivity index (χ2n) is 4.25. The fourth-order valence-corrected chi connectivity index (χ4v) is 2.23. The highest BCUT2D eigenvalue weighted by molar-refractivity contribution is 6.06. The molecule has 1 saturated heterocycles. The molecule has 1 fully saturated rings. The molecule has 0 atom stereocenters. The van der Waals surface area contributed by atoms with E-state index >= 15 is 0 Å². The maximum Gasteiger partial charge on any atom is 0.251 e. The highest BCUT2D eigenvalue weighted by atomic mass is 16.2. The average Bonchev–Trinajstić information content (AvgIpc) is 2.69. The zero-order valence-electron chi connectivity index (χ0n) is 9.60. The van der Waals surface area contributed by atoms with E-state index in [-0.39, 0.29) is 5.91 Å². The van der Waals surface area contributed by atoms with Gasteiger partial charge in [-0.3, -0.25) is 4.79 Å². The molecular formula is C13H13N3O. The first-order chi connectivity index (χ1) is 8.27. The average molecular weight is 227 g/mol. The molecule has 3 rings (SSSR count). The Bertz CT molecular complexity index is 545. The number of hydrogen-bond acceptors (Lipinski definition) is 3. The lowest BCUT2D eigenvalue weighted by Gasteiger charge is -2.16. The SMILES string of the molecule is CN1CC/C(=C2/N=CNc3ccccc32)C1=O. The highest BCUT2D eigenvalue weighted by Crippen LogP contribution is 2.33. The zero-order valence-corrected chi connectivity index (χ0v) is 9.60. The van der Waals surface area contributed by atoms with Gasteiger partial charge in [-0.1, -0.05) is 18.2 Å². The van der Waals surface area contributed by atoms with Crippen molar-refractivity contribution < 1.29 is 4.79 Å². The van der Waals surface area contributed by atoms with Crippen molar-refractivity contribution in [1.29, 1.82) is 0 Å². The molecule has 0 spiro atoms. The number of hydrogen-bond donors (Lipinski definition) is 1. The van der Waals surface area contributed by atoms with Crippen molar-refractivity contribution in [2.45, 2.75) is 6.42 Å². The molecule has 1 aromatic rings. The fourth-order valence-electron chi connectivity index (χ4n) is 2.23. The van der Waals surface area contributed by atoms with Crippen molar-refractivity contribution in [2.24, 2.45) is 4.99 Å². The third-order valence-corrected chi connectivity index (χ3v) is 3.18. The summed E-state index contributed by atoms with van der Waals surface area (Å²) in [5.74, 6) is 0.0915. The number of likely N-dealkylation sites (tertiary alicyclic amines) is 1. The van der Waals surface area contributed by atoms with E-state index < -0.39 is 0 Å². The van der Waals surface area contributed by atoms with Crippen LogP contribution in [-0.4, -0.2) is 30.7 Å². The molecule has 4 heteroatoms. The quantitative estimate of drug-likeness (QED) is 0.686. The Morgan fingerprint density at radius 2 is 2.18 bits per heavy atom. The Kier molecular flexibility index (Phi) is 2.21. The summed E-state index contributed by atoms with van der Waals surface area (Å²) in [6, 6.07) is 7.91. The number of nitrogens with zero attached hydrogens (tertiary/aromatic N) is 2. The largest absolute Gasteiger partial charge is 0.346 e. The van der Waals surface area contributed by atoms with Crippen LogP contribution < -0.4 is 5.32 Å². The zero-order chi connectivity index (χ0) is 11.8. The van der Waals surface area contributed by atoms with Crippen LogP contribution in [0.25, 0.3) is 5.70 Å². The van der Waals surface area contributed by atoms with Crippen LogP contribution in [-0.2, 0) is 4.79 Å². The first kappa shape index (κ1) is 10.1. The van der Waals surface area contributed by atoms with Crippen molar-refractivity contribution in [3.05, 3.63) is 35.4 Å². The van der Waals surface area contributed by atoms with Gasteiger partial charge in [-0.2, -0.15) is 0 Å². The van der Waals surface area contributed by atoms with E-state index in [0.717, 1.165) is 35.5 Å². The number of amides is 1. The third-order valence-electron chi connectivity index (χ3n) is 3.18. The molecule has 2 heterocycles. The predicted octanol–water partition coefficient (Wildman–Crippen LogP) is 1.71. The molecule has 1 N–H and O–H groups in total. The van der Waals surface area contributed by atoms with Gasteiger partial charge in [-0.25, -0.2) is 4.99 Å². The monoisotopic (exact) mass is 227 g/mol. The molecule has 0 radical (unpaired) electrons. The van der Waals surface area contributed by atoms with Gasteiger partial charge < -0.3 is 10.2 Å². The molecule has 0 saturated carbocycles. The van der Waals surface area contributed by atoms with Crippen LogP contribution in [0.3, 0.4) is 0 Å². The number of nitrogens with one attached hydrogen (secondary N) is 1. The summed E-state index contributed by atoms with van der Waals surface area (Å²) in [5, 5.41) is 3.09. The fraction of sp³-hybridized carbons (Fsp3) is 0.231. The maximum atomic E-state index is 12.0. The summed E-state index contributed by atoms with van der Waals surface area (Å²) in [6.07, 6.45) is 2.42. The highest BCUT2D eigenvalue weighted by Gasteiger charge is 2.27. The van der Waals surface area contributed by atoms with E-state index in [9.17, 15) is 4.79 Å². The Morgan fingerprint density at radius 3 is 2.94 bits per heavy atom. The van der Waals surface area contributed by atoms with Gasteiger partial charge in [0.25, 0.3) is 5.91 Å². The number of carbonyl (C=O) groups excluding carboxylic acids is 1. The number of aliphatic imine (C=N–C) groups is 1. The molecule has 2 aliphatic heterocycles. The number of para-hydroxylation sites is 1. The number of fused-ring (bicyclic) bond motifs is 1. The summed E-state index contributed by atoms with van der Waals surface area (Å²) in [7, 11) is 1.83. The van der Waals surface area contributed by atoms with Crippen LogP contribution in [0, 0.1) is 0 Å². The molecule has 0 aliphatic carbocycles. The molecule has 86 valence electrons. The lowest BCUT2D eigenvalue weighted by Crippen LogP contribution is -2.19. The number of benzene rings is 1. The van der Waals surface area contributed by atoms with E-state index in [0.29, 0.717) is 0 Å². The summed E-state index contributed by atoms with van der Waals surface area (Å²) in [6.45, 7) is 0.781. The minimum Gasteiger partial charge on any atom is -0.346 e. The smallest absolute Gasteiger partial charge is 0.251 e. The van der Waals surface area contributed by atoms with Crippen LogP contribution in [0.4, 0.5) is 5.69 Å². The maximum absolute atomic E-state index is 12.0. The van der Waals surface area contributed by atoms with Crippen molar-refractivity contribution in [3.63, 3.8) is 0 Å². The normalized spacial score (nSPS) is 22.6. The van der Waals surface area contributed by atoms with Crippen molar-refractivity contribution >= 4 is 23.6 Å². The lowest BCUT2D eigenvalue weighted by atomic mass is 10.0. The minimum atomic E-state index is 0.0915. The molecular weight excluding hydrogens is 214 g/mol. The van der Waals surface area contributed by atoms with Crippen LogP contribution in [0.2, 0.25) is 0 Å². The van der Waals surface area contributed by atoms with Crippen molar-refractivity contribution in [2.75, 3.05) is 18.9 Å². The summed E-state index contributed by atoms with van der Waals surface area (Å²) in [4.78, 5) is 18.1. The second-order valence-corrected chi connectivity index (χ2v) is 4.25. The molecule has 0 unspecified atom stereocenters. The molecule has 4 nitrogen and oxygen atoms in total. The summed E-state index contributed by atoms with van der Waals surface area (Å²) in [5.41, 5.74) is 3.65. The third kappa shape index (κ3) is 1.53. The van der Waals surface area contributed by atoms with Gasteiger partial charge in [-0.05, 0) is 12.5 Å². The van der Waals surface area contributed by atoms with Crippen molar-refractivity contribution in [3.8, 4) is 0 Å². The van der Waals surface area contributed by atoms with Gasteiger partial charge in [0, 0.05) is 30.4 Å². The van der Waals surface area contributed by atoms with Gasteiger partial charge in [0.2, 0.25) is 0 Å². The first-order valence-corrected chi connectivity index (χ1v) is 5.64. The number of carbonyl (C=O) groups is 1. The summed E-state index contributed by atoms with van der Waals surface area (Å²) >= 11 is 0. The molecule has 1 aromatic carbocycles. The van der Waals surface area contributed by atoms with Crippen LogP contribution in [0.5, 0.6) is 0 Å². The Hall–Kier alpha value is -2.10. The van der Waals surface area contributed by atoms with Crippen molar-refractivity contribution in [1.82, 2.24) is 4.90 Å². The summed E-state index contributed by atoms with van der Waals surface area (Å²) < 4.78 is 0. The van der Waals surface area contributed by atoms with Gasteiger partial charge in [-0.15, -0.1) is 0 Å². The topological polar surface area (TPSA) is 44.7 Å². The standard InChI is InChI=1S/C13H13N3O/c1-16-7-6-10(13(16)17)12-9-4-2-3-5-11(9)14-8-15-12/h2-5,8H,6-7H2,1H3,(H,14,15)/b12-10-. The Labute approximate surface area is 99.7 Å². The number of likely N-dealkylation sites (N-methyl/N-ethyl adjacent to an activating group) is 1. The lowest BCUT2D eigenvalue weighted by molar-refractivity contribution is -0.123. The molecule has 0 bridgehead atoms. The van der Waals surface area contributed by atoms with Gasteiger partial charge >= 0.3 is 0 Å². The van der Waals surface area contributed by atoms with Gasteiger partial charge in [0.05, 0.1) is 12.0 Å². The molecule has 2 aliphatic rings. The molecule has 17 heavy (non-hydrogen) atoms. The Balaban J connectivity index is 2.16. The van der Waals surface area contributed by atoms with E-state index in [2.05, 4.69) is 10.3 Å². The molecule has 0 aromatic heterocycles. The first-order valence-electron chi connectivity index (χ1n) is 5.64. The second kappa shape index (κ2) is 3.73. The Morgan fingerprint density at radius 1 is 1.35 bits per heavy atom. The number of rotatable bonds is 0. The van der Waals surface area contributed by atoms with E-state index in [1.165, 1.54) is 0 Å². The van der Waals surface area contributed by atoms with Crippen LogP contribution >= 0.6 is 0 Å². The van der Waals surface area contributed by atoms with Gasteiger partial charge in [0.1, 0.15) is 0 Å². The number of anilines is 1. The van der Waals surface area contributed by atoms with E-state index in [1.54, 1.807) is 11.2 Å².